The van der Waals surface area contributed by atoms with Crippen molar-refractivity contribution in [3.05, 3.63) is 11.6 Å². The maximum atomic E-state index is 12.6. The number of terminal acetylenes is 1. The first-order chi connectivity index (χ1) is 16.2. The van der Waals surface area contributed by atoms with Crippen molar-refractivity contribution in [2.75, 3.05) is 0 Å². The van der Waals surface area contributed by atoms with Gasteiger partial charge in [-0.3, -0.25) is 9.59 Å². The molecular weight excluding hydrogens is 348 g/mol. The fraction of sp³-hybridized carbons (Fsp3) is 0.760. The van der Waals surface area contributed by atoms with Crippen LogP contribution in [0.3, 0.4) is 0 Å². The molecule has 0 amide bonds. The highest BCUT2D eigenvalue weighted by Gasteiger charge is 2.65. The van der Waals surface area contributed by atoms with Crippen molar-refractivity contribution in [1.29, 1.82) is 0 Å². The lowest BCUT2D eigenvalue weighted by atomic mass is 9.49. The third kappa shape index (κ3) is 2.78. The molecule has 0 saturated heterocycles. The zero-order valence-corrected chi connectivity index (χ0v) is 16.8. The Morgan fingerprint density at radius 1 is 1.36 bits per heavy atom. The molecule has 0 radical (unpaired) electrons. The van der Waals surface area contributed by atoms with Crippen LogP contribution >= 0.6 is 0 Å². The van der Waals surface area contributed by atoms with E-state index < -0.39 is 53.8 Å². The van der Waals surface area contributed by atoms with Gasteiger partial charge in [0, 0.05) is 25.1 Å². The van der Waals surface area contributed by atoms with Gasteiger partial charge >= 0.3 is 5.97 Å². The van der Waals surface area contributed by atoms with Crippen LogP contribution in [0.4, 0.5) is 0 Å². The summed E-state index contributed by atoms with van der Waals surface area (Å²) in [7, 11) is 0. The van der Waals surface area contributed by atoms with Crippen LogP contribution in [0.5, 0.6) is 0 Å². The molecule has 152 valence electrons. The minimum atomic E-state index is -2.38. The van der Waals surface area contributed by atoms with Gasteiger partial charge in [0.1, 0.15) is 1.37 Å². The summed E-state index contributed by atoms with van der Waals surface area (Å²) >= 11 is 0. The Morgan fingerprint density at radius 2 is 2.21 bits per heavy atom. The van der Waals surface area contributed by atoms with E-state index in [1.54, 1.807) is 0 Å². The van der Waals surface area contributed by atoms with Gasteiger partial charge in [-0.2, -0.15) is 0 Å². The predicted octanol–water partition coefficient (Wildman–Crippen LogP) is 5.23. The lowest BCUT2D eigenvalue weighted by molar-refractivity contribution is -0.173. The van der Waals surface area contributed by atoms with Crippen LogP contribution in [0, 0.1) is 41.4 Å². The van der Waals surface area contributed by atoms with Crippen molar-refractivity contribution in [3.8, 4) is 12.3 Å². The van der Waals surface area contributed by atoms with Crippen LogP contribution in [-0.4, -0.2) is 17.4 Å². The summed E-state index contributed by atoms with van der Waals surface area (Å²) in [5.74, 6) is -0.999. The minimum Gasteiger partial charge on any atom is -0.445 e. The second kappa shape index (κ2) is 7.36. The summed E-state index contributed by atoms with van der Waals surface area (Å²) in [6.07, 6.45) is 0.904. The van der Waals surface area contributed by atoms with Gasteiger partial charge in [0.05, 0.1) is 1.37 Å². The number of hydrogen-bond acceptors (Lipinski definition) is 3. The van der Waals surface area contributed by atoms with Gasteiger partial charge in [-0.25, -0.2) is 0 Å². The van der Waals surface area contributed by atoms with Crippen molar-refractivity contribution in [1.82, 2.24) is 0 Å². The molecule has 0 aromatic heterocycles. The Labute approximate surface area is 179 Å². The number of fused-ring (bicyclic) bond motifs is 5. The molecule has 0 aromatic rings. The number of allylic oxidation sites excluding steroid dienone is 1. The van der Waals surface area contributed by atoms with Crippen molar-refractivity contribution in [2.45, 2.75) is 90.0 Å². The Bertz CT molecular complexity index is 1030. The van der Waals surface area contributed by atoms with E-state index in [2.05, 4.69) is 12.3 Å². The van der Waals surface area contributed by atoms with Gasteiger partial charge in [-0.15, -0.1) is 6.40 Å². The van der Waals surface area contributed by atoms with E-state index in [0.717, 1.165) is 0 Å². The van der Waals surface area contributed by atoms with Crippen LogP contribution in [0.15, 0.2) is 11.6 Å². The van der Waals surface area contributed by atoms with E-state index in [9.17, 15) is 11.0 Å². The number of hydrogen-bond donors (Lipinski definition) is 0. The summed E-state index contributed by atoms with van der Waals surface area (Å²) in [5.41, 5.74) is -1.90. The van der Waals surface area contributed by atoms with Gasteiger partial charge < -0.3 is 4.74 Å². The summed E-state index contributed by atoms with van der Waals surface area (Å²) in [6.45, 7) is 3.89. The topological polar surface area (TPSA) is 43.4 Å². The van der Waals surface area contributed by atoms with E-state index in [-0.39, 0.29) is 36.2 Å². The average molecular weight is 390 g/mol. The molecule has 4 aliphatic carbocycles. The molecule has 3 saturated carbocycles. The van der Waals surface area contributed by atoms with Gasteiger partial charge in [-0.1, -0.05) is 25.3 Å². The highest BCUT2D eigenvalue weighted by molar-refractivity contribution is 5.91. The molecule has 0 spiro atoms. The molecule has 0 aromatic carbocycles. The molecule has 0 heterocycles. The molecule has 6 unspecified atom stereocenters. The van der Waals surface area contributed by atoms with Gasteiger partial charge in [0.15, 0.2) is 11.4 Å². The first-order valence-electron chi connectivity index (χ1n) is 14.2. The molecule has 0 aliphatic heterocycles. The molecule has 3 fully saturated rings. The van der Waals surface area contributed by atoms with Gasteiger partial charge in [-0.05, 0) is 87.4 Å². The Hall–Kier alpha value is -1.56. The van der Waals surface area contributed by atoms with Crippen LogP contribution in [-0.2, 0) is 14.3 Å². The number of carbonyl (C=O) groups is 2. The van der Waals surface area contributed by atoms with E-state index in [4.69, 9.17) is 13.0 Å². The lowest BCUT2D eigenvalue weighted by Gasteiger charge is -2.56. The quantitative estimate of drug-likeness (QED) is 0.488. The molecule has 3 heteroatoms. The fourth-order valence-electron chi connectivity index (χ4n) is 6.55. The Balaban J connectivity index is 1.82. The highest BCUT2D eigenvalue weighted by Crippen LogP contribution is 2.67. The van der Waals surface area contributed by atoms with E-state index in [1.807, 2.05) is 13.8 Å². The number of ketones is 1. The smallest absolute Gasteiger partial charge is 0.307 e. The number of carbonyl (C=O) groups excluding carboxylic acids is 2. The van der Waals surface area contributed by atoms with Crippen molar-refractivity contribution in [2.24, 2.45) is 29.1 Å². The second-order valence-corrected chi connectivity index (χ2v) is 8.73. The molecule has 6 atom stereocenters. The summed E-state index contributed by atoms with van der Waals surface area (Å²) in [4.78, 5) is 25.2. The molecule has 0 N–H and O–H groups in total. The molecule has 3 nitrogen and oxygen atoms in total. The third-order valence-corrected chi connectivity index (χ3v) is 7.79. The number of rotatable bonds is 4. The maximum Gasteiger partial charge on any atom is 0.307 e. The zero-order chi connectivity index (χ0) is 26.0. The van der Waals surface area contributed by atoms with E-state index in [1.165, 1.54) is 0 Å². The van der Waals surface area contributed by atoms with Crippen LogP contribution in [0.2, 0.25) is 0 Å². The second-order valence-electron chi connectivity index (χ2n) is 8.73. The monoisotopic (exact) mass is 389 g/mol. The van der Waals surface area contributed by atoms with Crippen molar-refractivity contribution in [3.63, 3.8) is 0 Å². The number of esters is 1. The van der Waals surface area contributed by atoms with Gasteiger partial charge in [0.2, 0.25) is 0 Å². The molecule has 4 aliphatic rings. The highest BCUT2D eigenvalue weighted by atomic mass is 16.6. The minimum absolute atomic E-state index is 0.0337. The first-order valence-corrected chi connectivity index (χ1v) is 10.7. The first kappa shape index (κ1) is 12.9. The summed E-state index contributed by atoms with van der Waals surface area (Å²) in [6, 6.07) is -0.679. The van der Waals surface area contributed by atoms with Crippen LogP contribution < -0.4 is 0 Å². The van der Waals surface area contributed by atoms with Crippen molar-refractivity contribution < 1.29 is 23.9 Å². The predicted molar refractivity (Wildman–Crippen MR) is 109 cm³/mol. The Morgan fingerprint density at radius 3 is 2.96 bits per heavy atom. The molecular formula is C25H34O3. The van der Waals surface area contributed by atoms with Crippen LogP contribution in [0.25, 0.3) is 0 Å². The largest absolute Gasteiger partial charge is 0.445 e. The molecule has 0 bridgehead atoms. The van der Waals surface area contributed by atoms with E-state index in [0.29, 0.717) is 38.5 Å². The zero-order valence-electron chi connectivity index (χ0n) is 23.8. The summed E-state index contributed by atoms with van der Waals surface area (Å²) in [5, 5.41) is 0. The maximum absolute atomic E-state index is 12.6. The third-order valence-electron chi connectivity index (χ3n) is 7.79. The average Bonchev–Trinajstić information content (AvgIpc) is 3.06. The van der Waals surface area contributed by atoms with Gasteiger partial charge in [0.25, 0.3) is 0 Å². The van der Waals surface area contributed by atoms with Crippen molar-refractivity contribution >= 4 is 11.8 Å². The SMILES string of the molecule is [2H]C#CC1(OC(=O)CCC)CCC2C3CC([2H])([2H])C4=C([2H])C(=O)C([2H])([2H])CC4([2H])C3CCC21CC. The standard InChI is InChI=1S/C25H34O3/c1-4-7-23(27)28-25(6-3)15-13-22-21-10-8-17-16-18(26)9-11-19(17)20(21)12-14-24(22,25)5-2/h3,16,19-22H,4-5,7-15H2,1-2H3/i3D,8D2,9D2,16D,19D. The Kier molecular flexibility index (Phi) is 3.39. The summed E-state index contributed by atoms with van der Waals surface area (Å²) < 4.78 is 65.5. The number of ether oxygens (including phenoxy) is 1. The normalized spacial score (nSPS) is 51.9. The molecule has 28 heavy (non-hydrogen) atoms. The van der Waals surface area contributed by atoms with Crippen LogP contribution in [0.1, 0.15) is 94.0 Å². The lowest BCUT2D eigenvalue weighted by Crippen LogP contribution is -2.55. The molecule has 4 rings (SSSR count). The van der Waals surface area contributed by atoms with E-state index >= 15 is 0 Å². The fourth-order valence-corrected chi connectivity index (χ4v) is 6.55.